The standard InChI is InChI=1S/C29H36Cl2N2O4Si/c1-6-28(18(2)37-28)26-29(23(16-25(34)32-26)19-8-7-9-20(30)14-19)22-11-10-21(31)15-24(22)33(27(29)35)17-36-12-13-38(3,4)5/h7-11,14-15,18,23,26H,6,12-13,16-17H2,1-5H3,(H,32,34)/t18?,23-,26-,28?,29-/m0/s1. The Morgan fingerprint density at radius 1 is 1.13 bits per heavy atom. The maximum Gasteiger partial charge on any atom is 0.242 e. The van der Waals surface area contributed by atoms with Gasteiger partial charge in [-0.3, -0.25) is 14.5 Å². The fraction of sp³-hybridized carbons (Fsp3) is 0.517. The summed E-state index contributed by atoms with van der Waals surface area (Å²) in [4.78, 5) is 29.9. The molecule has 1 N–H and O–H groups in total. The van der Waals surface area contributed by atoms with E-state index in [-0.39, 0.29) is 31.1 Å². The van der Waals surface area contributed by atoms with Crippen LogP contribution in [0, 0.1) is 0 Å². The smallest absolute Gasteiger partial charge is 0.242 e. The number of nitrogens with one attached hydrogen (secondary N) is 1. The van der Waals surface area contributed by atoms with Gasteiger partial charge in [0.05, 0.1) is 17.8 Å². The van der Waals surface area contributed by atoms with Crippen molar-refractivity contribution in [2.24, 2.45) is 0 Å². The summed E-state index contributed by atoms with van der Waals surface area (Å²) in [7, 11) is -1.30. The molecule has 5 atom stereocenters. The van der Waals surface area contributed by atoms with Crippen LogP contribution in [0.4, 0.5) is 5.69 Å². The lowest BCUT2D eigenvalue weighted by Gasteiger charge is -2.48. The van der Waals surface area contributed by atoms with Crippen LogP contribution < -0.4 is 10.2 Å². The zero-order chi connectivity index (χ0) is 27.5. The maximum atomic E-state index is 14.9. The topological polar surface area (TPSA) is 71.2 Å². The first kappa shape index (κ1) is 27.7. The molecular weight excluding hydrogens is 539 g/mol. The van der Waals surface area contributed by atoms with Crippen LogP contribution in [0.1, 0.15) is 43.7 Å². The molecule has 0 bridgehead atoms. The van der Waals surface area contributed by atoms with E-state index in [0.29, 0.717) is 23.1 Å². The molecule has 0 radical (unpaired) electrons. The molecule has 1 spiro atoms. The largest absolute Gasteiger partial charge is 0.364 e. The average Bonchev–Trinajstić information content (AvgIpc) is 3.47. The second-order valence-corrected chi connectivity index (χ2v) is 18.5. The van der Waals surface area contributed by atoms with Gasteiger partial charge in [-0.15, -0.1) is 0 Å². The summed E-state index contributed by atoms with van der Waals surface area (Å²) in [6.45, 7) is 11.7. The van der Waals surface area contributed by atoms with Crippen LogP contribution in [0.3, 0.4) is 0 Å². The average molecular weight is 576 g/mol. The molecule has 3 aliphatic heterocycles. The number of carbonyl (C=O) groups excluding carboxylic acids is 2. The Balaban J connectivity index is 1.67. The van der Waals surface area contributed by atoms with E-state index in [1.54, 1.807) is 11.0 Å². The molecule has 3 aliphatic rings. The van der Waals surface area contributed by atoms with E-state index in [1.807, 2.05) is 50.2 Å². The lowest BCUT2D eigenvalue weighted by molar-refractivity contribution is -0.134. The lowest BCUT2D eigenvalue weighted by atomic mass is 9.57. The Morgan fingerprint density at radius 2 is 1.84 bits per heavy atom. The van der Waals surface area contributed by atoms with E-state index in [1.165, 1.54) is 0 Å². The van der Waals surface area contributed by atoms with E-state index >= 15 is 0 Å². The molecule has 38 heavy (non-hydrogen) atoms. The van der Waals surface area contributed by atoms with Crippen molar-refractivity contribution in [2.45, 2.75) is 81.5 Å². The molecule has 5 rings (SSSR count). The van der Waals surface area contributed by atoms with Crippen molar-refractivity contribution in [1.82, 2.24) is 5.32 Å². The number of halogens is 2. The molecule has 9 heteroatoms. The minimum atomic E-state index is -1.30. The van der Waals surface area contributed by atoms with Crippen molar-refractivity contribution in [3.8, 4) is 0 Å². The Kier molecular flexibility index (Phi) is 7.23. The Morgan fingerprint density at radius 3 is 2.47 bits per heavy atom. The third-order valence-electron chi connectivity index (χ3n) is 8.53. The molecule has 2 saturated heterocycles. The van der Waals surface area contributed by atoms with E-state index in [4.69, 9.17) is 32.7 Å². The number of hydrogen-bond donors (Lipinski definition) is 1. The summed E-state index contributed by atoms with van der Waals surface area (Å²) in [6.07, 6.45) is 0.716. The summed E-state index contributed by atoms with van der Waals surface area (Å²) in [5.41, 5.74) is 0.650. The summed E-state index contributed by atoms with van der Waals surface area (Å²) in [6, 6.07) is 13.5. The van der Waals surface area contributed by atoms with Gasteiger partial charge in [-0.2, -0.15) is 0 Å². The second-order valence-electron chi connectivity index (χ2n) is 12.0. The van der Waals surface area contributed by atoms with Crippen molar-refractivity contribution >= 4 is 48.8 Å². The van der Waals surface area contributed by atoms with E-state index < -0.39 is 31.0 Å². The summed E-state index contributed by atoms with van der Waals surface area (Å²) in [5.74, 6) is -0.651. The molecule has 2 aromatic carbocycles. The first-order valence-electron chi connectivity index (χ1n) is 13.4. The quantitative estimate of drug-likeness (QED) is 0.234. The highest BCUT2D eigenvalue weighted by molar-refractivity contribution is 6.76. The number of nitrogens with zero attached hydrogens (tertiary/aromatic N) is 1. The molecule has 2 fully saturated rings. The van der Waals surface area contributed by atoms with Gasteiger partial charge in [0.15, 0.2) is 0 Å². The zero-order valence-electron chi connectivity index (χ0n) is 22.6. The van der Waals surface area contributed by atoms with E-state index in [2.05, 4.69) is 25.0 Å². The Bertz CT molecular complexity index is 1260. The molecule has 204 valence electrons. The van der Waals surface area contributed by atoms with Crippen LogP contribution in [0.25, 0.3) is 0 Å². The van der Waals surface area contributed by atoms with Gasteiger partial charge in [-0.1, -0.05) is 68.0 Å². The molecule has 2 amide bonds. The minimum Gasteiger partial charge on any atom is -0.364 e. The van der Waals surface area contributed by atoms with Gasteiger partial charge in [-0.05, 0) is 54.8 Å². The van der Waals surface area contributed by atoms with Gasteiger partial charge in [-0.25, -0.2) is 0 Å². The highest BCUT2D eigenvalue weighted by Crippen LogP contribution is 2.61. The molecular formula is C29H36Cl2N2O4Si. The predicted octanol–water partition coefficient (Wildman–Crippen LogP) is 6.13. The number of rotatable bonds is 8. The molecule has 0 aromatic heterocycles. The molecule has 3 heterocycles. The third kappa shape index (κ3) is 4.50. The fourth-order valence-corrected chi connectivity index (χ4v) is 7.59. The molecule has 6 nitrogen and oxygen atoms in total. The SMILES string of the molecule is CCC1([C@@H]2NC(=O)C[C@@H](c3cccc(Cl)c3)[C@]23C(=O)N(COCC[Si](C)(C)C)c2cc(Cl)ccc23)OC1C. The molecule has 2 unspecified atom stereocenters. The predicted molar refractivity (Wildman–Crippen MR) is 154 cm³/mol. The van der Waals surface area contributed by atoms with E-state index in [0.717, 1.165) is 22.9 Å². The van der Waals surface area contributed by atoms with Crippen molar-refractivity contribution in [3.05, 3.63) is 63.6 Å². The van der Waals surface area contributed by atoms with Crippen LogP contribution in [-0.2, 0) is 24.5 Å². The van der Waals surface area contributed by atoms with Crippen LogP contribution >= 0.6 is 23.2 Å². The minimum absolute atomic E-state index is 0.0987. The van der Waals surface area contributed by atoms with E-state index in [9.17, 15) is 9.59 Å². The number of benzene rings is 2. The number of hydrogen-bond acceptors (Lipinski definition) is 4. The molecule has 0 aliphatic carbocycles. The number of amides is 2. The highest BCUT2D eigenvalue weighted by atomic mass is 35.5. The maximum absolute atomic E-state index is 14.9. The Labute approximate surface area is 236 Å². The molecule has 0 saturated carbocycles. The van der Waals surface area contributed by atoms with Crippen molar-refractivity contribution in [2.75, 3.05) is 18.2 Å². The summed E-state index contributed by atoms with van der Waals surface area (Å²) >= 11 is 12.9. The first-order valence-corrected chi connectivity index (χ1v) is 17.8. The number of carbonyl (C=O) groups is 2. The van der Waals surface area contributed by atoms with Gasteiger partial charge >= 0.3 is 0 Å². The lowest BCUT2D eigenvalue weighted by Crippen LogP contribution is -2.68. The number of piperidine rings is 1. The number of anilines is 1. The summed E-state index contributed by atoms with van der Waals surface area (Å²) < 4.78 is 12.3. The number of epoxide rings is 1. The number of fused-ring (bicyclic) bond motifs is 2. The van der Waals surface area contributed by atoms with Gasteiger partial charge in [0, 0.05) is 37.1 Å². The zero-order valence-corrected chi connectivity index (χ0v) is 25.2. The van der Waals surface area contributed by atoms with Crippen LogP contribution in [0.5, 0.6) is 0 Å². The Hall–Kier alpha value is -1.90. The number of ether oxygens (including phenoxy) is 2. The van der Waals surface area contributed by atoms with Crippen molar-refractivity contribution in [1.29, 1.82) is 0 Å². The molecule has 2 aromatic rings. The van der Waals surface area contributed by atoms with Crippen LogP contribution in [0.15, 0.2) is 42.5 Å². The van der Waals surface area contributed by atoms with Gasteiger partial charge in [0.2, 0.25) is 11.8 Å². The van der Waals surface area contributed by atoms with Crippen molar-refractivity contribution < 1.29 is 19.1 Å². The van der Waals surface area contributed by atoms with Crippen LogP contribution in [-0.4, -0.2) is 51.0 Å². The highest BCUT2D eigenvalue weighted by Gasteiger charge is 2.72. The normalized spacial score (nSPS) is 30.5. The fourth-order valence-electron chi connectivity index (χ4n) is 6.47. The van der Waals surface area contributed by atoms with Gasteiger partial charge < -0.3 is 14.8 Å². The second kappa shape index (κ2) is 9.93. The first-order chi connectivity index (χ1) is 17.9. The van der Waals surface area contributed by atoms with Crippen LogP contribution in [0.2, 0.25) is 35.7 Å². The summed E-state index contributed by atoms with van der Waals surface area (Å²) in [5, 5.41) is 4.33. The third-order valence-corrected chi connectivity index (χ3v) is 10.7. The monoisotopic (exact) mass is 574 g/mol. The van der Waals surface area contributed by atoms with Crippen molar-refractivity contribution in [3.63, 3.8) is 0 Å². The van der Waals surface area contributed by atoms with Gasteiger partial charge in [0.25, 0.3) is 0 Å². The van der Waals surface area contributed by atoms with Gasteiger partial charge in [0.1, 0.15) is 17.7 Å².